The van der Waals surface area contributed by atoms with Crippen molar-refractivity contribution in [1.29, 1.82) is 0 Å². The maximum absolute atomic E-state index is 12.8. The van der Waals surface area contributed by atoms with Gasteiger partial charge in [-0.15, -0.1) is 0 Å². The molecule has 2 aromatic rings. The molecule has 28 heavy (non-hydrogen) atoms. The van der Waals surface area contributed by atoms with Gasteiger partial charge in [-0.2, -0.15) is 0 Å². The number of halogens is 2. The molecule has 0 aromatic heterocycles. The molecule has 1 heterocycles. The Bertz CT molecular complexity index is 841. The van der Waals surface area contributed by atoms with E-state index >= 15 is 0 Å². The quantitative estimate of drug-likeness (QED) is 0.636. The predicted octanol–water partition coefficient (Wildman–Crippen LogP) is 6.27. The second kappa shape index (κ2) is 8.34. The molecular weight excluding hydrogens is 393 g/mol. The Hall–Kier alpha value is -1.71. The molecule has 1 fully saturated rings. The summed E-state index contributed by atoms with van der Waals surface area (Å²) in [6.07, 6.45) is 7.48. The van der Waals surface area contributed by atoms with Gasteiger partial charge in [0.1, 0.15) is 11.4 Å². The number of benzene rings is 2. The number of ether oxygens (including phenoxy) is 1. The average molecular weight is 418 g/mol. The number of amides is 1. The van der Waals surface area contributed by atoms with E-state index in [1.807, 2.05) is 36.4 Å². The molecule has 148 valence electrons. The van der Waals surface area contributed by atoms with Crippen LogP contribution in [0.25, 0.3) is 0 Å². The van der Waals surface area contributed by atoms with Crippen molar-refractivity contribution in [3.05, 3.63) is 63.6 Å². The average Bonchev–Trinajstić information content (AvgIpc) is 2.68. The van der Waals surface area contributed by atoms with Gasteiger partial charge in [-0.05, 0) is 55.9 Å². The summed E-state index contributed by atoms with van der Waals surface area (Å²) in [5, 5.41) is 4.47. The van der Waals surface area contributed by atoms with E-state index < -0.39 is 0 Å². The molecule has 0 bridgehead atoms. The number of carbonyl (C=O) groups is 1. The smallest absolute Gasteiger partial charge is 0.220 e. The van der Waals surface area contributed by atoms with Crippen LogP contribution < -0.4 is 10.1 Å². The lowest BCUT2D eigenvalue weighted by molar-refractivity contribution is -0.122. The first-order valence-corrected chi connectivity index (χ1v) is 10.8. The van der Waals surface area contributed by atoms with Crippen LogP contribution in [0.2, 0.25) is 10.0 Å². The molecule has 4 rings (SSSR count). The molecule has 0 radical (unpaired) electrons. The van der Waals surface area contributed by atoms with Crippen LogP contribution in [0.1, 0.15) is 62.1 Å². The molecule has 1 atom stereocenters. The highest BCUT2D eigenvalue weighted by molar-refractivity contribution is 6.36. The van der Waals surface area contributed by atoms with Crippen molar-refractivity contribution in [2.24, 2.45) is 0 Å². The van der Waals surface area contributed by atoms with Gasteiger partial charge in [-0.3, -0.25) is 4.79 Å². The molecule has 0 saturated heterocycles. The van der Waals surface area contributed by atoms with Crippen molar-refractivity contribution in [1.82, 2.24) is 5.32 Å². The summed E-state index contributed by atoms with van der Waals surface area (Å²) < 4.78 is 6.45. The number of rotatable bonds is 4. The number of carbonyl (C=O) groups excluding carboxylic acids is 1. The maximum atomic E-state index is 12.8. The van der Waals surface area contributed by atoms with Crippen LogP contribution in [0.15, 0.2) is 42.5 Å². The molecule has 0 unspecified atom stereocenters. The van der Waals surface area contributed by atoms with Crippen LogP contribution in [0.3, 0.4) is 0 Å². The highest BCUT2D eigenvalue weighted by Crippen LogP contribution is 2.46. The zero-order chi connectivity index (χ0) is 19.6. The standard InChI is InChI=1S/C23H25Cl2NO2/c24-18-8-6-9-19(25)16(18)11-12-22(27)26-20-15-23(13-4-1-5-14-23)28-21-10-3-2-7-17(20)21/h2-3,6-10,20H,1,4-5,11-15H2,(H,26,27)/t20-/m1/s1. The summed E-state index contributed by atoms with van der Waals surface area (Å²) >= 11 is 12.5. The molecular formula is C23H25Cl2NO2. The van der Waals surface area contributed by atoms with Crippen molar-refractivity contribution in [2.45, 2.75) is 63.0 Å². The van der Waals surface area contributed by atoms with Crippen LogP contribution >= 0.6 is 23.2 Å². The fraction of sp³-hybridized carbons (Fsp3) is 0.435. The second-order valence-corrected chi connectivity index (χ2v) is 8.72. The van der Waals surface area contributed by atoms with E-state index in [1.165, 1.54) is 19.3 Å². The summed E-state index contributed by atoms with van der Waals surface area (Å²) in [7, 11) is 0. The van der Waals surface area contributed by atoms with Gasteiger partial charge in [0.15, 0.2) is 0 Å². The Morgan fingerprint density at radius 1 is 1.04 bits per heavy atom. The summed E-state index contributed by atoms with van der Waals surface area (Å²) in [5.74, 6) is 0.929. The lowest BCUT2D eigenvalue weighted by Crippen LogP contribution is -2.46. The monoisotopic (exact) mass is 417 g/mol. The van der Waals surface area contributed by atoms with E-state index in [1.54, 1.807) is 0 Å². The van der Waals surface area contributed by atoms with Gasteiger partial charge in [0.2, 0.25) is 5.91 Å². The third kappa shape index (κ3) is 4.16. The number of fused-ring (bicyclic) bond motifs is 1. The highest BCUT2D eigenvalue weighted by atomic mass is 35.5. The molecule has 1 N–H and O–H groups in total. The van der Waals surface area contributed by atoms with Crippen molar-refractivity contribution in [3.8, 4) is 5.75 Å². The van der Waals surface area contributed by atoms with E-state index in [0.717, 1.165) is 36.1 Å². The van der Waals surface area contributed by atoms with Gasteiger partial charge in [-0.25, -0.2) is 0 Å². The highest BCUT2D eigenvalue weighted by Gasteiger charge is 2.42. The molecule has 5 heteroatoms. The van der Waals surface area contributed by atoms with Crippen LogP contribution in [-0.4, -0.2) is 11.5 Å². The zero-order valence-electron chi connectivity index (χ0n) is 15.8. The second-order valence-electron chi connectivity index (χ2n) is 7.91. The molecule has 1 saturated carbocycles. The van der Waals surface area contributed by atoms with Gasteiger partial charge < -0.3 is 10.1 Å². The van der Waals surface area contributed by atoms with Gasteiger partial charge in [0.05, 0.1) is 6.04 Å². The molecule has 1 aliphatic heterocycles. The van der Waals surface area contributed by atoms with E-state index in [9.17, 15) is 4.79 Å². The summed E-state index contributed by atoms with van der Waals surface area (Å²) in [4.78, 5) is 12.8. The van der Waals surface area contributed by atoms with Crippen LogP contribution in [0, 0.1) is 0 Å². The molecule has 1 amide bonds. The predicted molar refractivity (Wildman–Crippen MR) is 113 cm³/mol. The first kappa shape index (κ1) is 19.6. The molecule has 1 aliphatic carbocycles. The minimum atomic E-state index is -0.142. The Labute approximate surface area is 176 Å². The molecule has 2 aliphatic rings. The first-order chi connectivity index (χ1) is 13.6. The lowest BCUT2D eigenvalue weighted by atomic mass is 9.77. The minimum Gasteiger partial charge on any atom is -0.487 e. The van der Waals surface area contributed by atoms with Crippen molar-refractivity contribution in [2.75, 3.05) is 0 Å². The van der Waals surface area contributed by atoms with Crippen LogP contribution in [-0.2, 0) is 11.2 Å². The lowest BCUT2D eigenvalue weighted by Gasteiger charge is -2.44. The van der Waals surface area contributed by atoms with Gasteiger partial charge >= 0.3 is 0 Å². The number of nitrogens with one attached hydrogen (secondary N) is 1. The Balaban J connectivity index is 1.47. The normalized spacial score (nSPS) is 20.3. The zero-order valence-corrected chi connectivity index (χ0v) is 17.4. The summed E-state index contributed by atoms with van der Waals surface area (Å²) in [6, 6.07) is 13.5. The van der Waals surface area contributed by atoms with Crippen molar-refractivity contribution in [3.63, 3.8) is 0 Å². The van der Waals surface area contributed by atoms with E-state index in [4.69, 9.17) is 27.9 Å². The minimum absolute atomic E-state index is 0.0164. The van der Waals surface area contributed by atoms with E-state index in [2.05, 4.69) is 11.4 Å². The first-order valence-electron chi connectivity index (χ1n) is 10.1. The summed E-state index contributed by atoms with van der Waals surface area (Å²) in [5.41, 5.74) is 1.76. The molecule has 2 aromatic carbocycles. The van der Waals surface area contributed by atoms with Crippen LogP contribution in [0.5, 0.6) is 5.75 Å². The van der Waals surface area contributed by atoms with Gasteiger partial charge in [0.25, 0.3) is 0 Å². The summed E-state index contributed by atoms with van der Waals surface area (Å²) in [6.45, 7) is 0. The van der Waals surface area contributed by atoms with Crippen molar-refractivity contribution < 1.29 is 9.53 Å². The number of hydrogen-bond donors (Lipinski definition) is 1. The molecule has 3 nitrogen and oxygen atoms in total. The Kier molecular flexibility index (Phi) is 5.84. The van der Waals surface area contributed by atoms with Gasteiger partial charge in [-0.1, -0.05) is 53.9 Å². The van der Waals surface area contributed by atoms with Crippen molar-refractivity contribution >= 4 is 29.1 Å². The molecule has 1 spiro atoms. The van der Waals surface area contributed by atoms with E-state index in [-0.39, 0.29) is 17.6 Å². The number of para-hydroxylation sites is 1. The Morgan fingerprint density at radius 3 is 2.50 bits per heavy atom. The van der Waals surface area contributed by atoms with Crippen LogP contribution in [0.4, 0.5) is 0 Å². The SMILES string of the molecule is O=C(CCc1c(Cl)cccc1Cl)N[C@@H]1CC2(CCCCC2)Oc2ccccc21. The number of hydrogen-bond acceptors (Lipinski definition) is 2. The third-order valence-electron chi connectivity index (χ3n) is 5.96. The maximum Gasteiger partial charge on any atom is 0.220 e. The Morgan fingerprint density at radius 2 is 1.75 bits per heavy atom. The van der Waals surface area contributed by atoms with Gasteiger partial charge in [0, 0.05) is 28.5 Å². The largest absolute Gasteiger partial charge is 0.487 e. The fourth-order valence-electron chi connectivity index (χ4n) is 4.53. The van der Waals surface area contributed by atoms with E-state index in [0.29, 0.717) is 22.9 Å². The fourth-order valence-corrected chi connectivity index (χ4v) is 5.11. The third-order valence-corrected chi connectivity index (χ3v) is 6.67. The topological polar surface area (TPSA) is 38.3 Å².